The maximum Gasteiger partial charge on any atom is 0.174 e. The fraction of sp³-hybridized carbons (Fsp3) is 0.423. The van der Waals surface area contributed by atoms with Crippen LogP contribution in [0.25, 0.3) is 6.08 Å². The number of rotatable bonds is 3. The van der Waals surface area contributed by atoms with Crippen LogP contribution in [0.2, 0.25) is 0 Å². The van der Waals surface area contributed by atoms with Crippen molar-refractivity contribution in [2.24, 2.45) is 0 Å². The molecule has 1 saturated heterocycles. The SMILES string of the molecule is CO[C@H]1[C@H](c2c3c(c(O)c4c2O[C@H](c2ccc(O)cc2)CC4=O)C=CC(C)(C)O3)OC1(C)C. The topological polar surface area (TPSA) is 94.5 Å². The van der Waals surface area contributed by atoms with Crippen molar-refractivity contribution in [1.82, 2.24) is 0 Å². The van der Waals surface area contributed by atoms with E-state index in [4.69, 9.17) is 18.9 Å². The fourth-order valence-corrected chi connectivity index (χ4v) is 4.91. The van der Waals surface area contributed by atoms with Crippen LogP contribution >= 0.6 is 0 Å². The van der Waals surface area contributed by atoms with Crippen molar-refractivity contribution in [2.45, 2.75) is 63.6 Å². The lowest BCUT2D eigenvalue weighted by Crippen LogP contribution is -2.56. The second-order valence-corrected chi connectivity index (χ2v) is 9.87. The van der Waals surface area contributed by atoms with Crippen LogP contribution in [0.4, 0.5) is 0 Å². The first-order valence-corrected chi connectivity index (χ1v) is 11.0. The van der Waals surface area contributed by atoms with Crippen molar-refractivity contribution in [3.63, 3.8) is 0 Å². The third-order valence-corrected chi connectivity index (χ3v) is 6.57. The number of hydrogen-bond acceptors (Lipinski definition) is 7. The standard InChI is InChI=1S/C26H28O7/c1-25(2)11-10-15-20(29)18-16(28)12-17(13-6-8-14(27)9-7-13)31-22(18)19(21(15)32-25)23-24(30-5)26(3,4)33-23/h6-11,17,23-24,27,29H,12H2,1-5H3/t17-,23-,24-/m0/s1. The summed E-state index contributed by atoms with van der Waals surface area (Å²) >= 11 is 0. The lowest BCUT2D eigenvalue weighted by molar-refractivity contribution is -0.286. The zero-order valence-corrected chi connectivity index (χ0v) is 19.3. The van der Waals surface area contributed by atoms with Crippen molar-refractivity contribution in [2.75, 3.05) is 7.11 Å². The van der Waals surface area contributed by atoms with E-state index in [1.165, 1.54) is 0 Å². The molecule has 2 aromatic carbocycles. The Labute approximate surface area is 192 Å². The zero-order valence-electron chi connectivity index (χ0n) is 19.3. The molecule has 0 aromatic heterocycles. The number of carbonyl (C=O) groups excluding carboxylic acids is 1. The molecule has 5 rings (SSSR count). The maximum atomic E-state index is 13.3. The largest absolute Gasteiger partial charge is 0.508 e. The molecule has 0 bridgehead atoms. The van der Waals surface area contributed by atoms with Gasteiger partial charge in [0.25, 0.3) is 0 Å². The van der Waals surface area contributed by atoms with Crippen molar-refractivity contribution in [3.8, 4) is 23.0 Å². The highest BCUT2D eigenvalue weighted by Crippen LogP contribution is 2.58. The molecule has 174 valence electrons. The number of ether oxygens (including phenoxy) is 4. The molecule has 0 radical (unpaired) electrons. The molecular formula is C26H28O7. The Kier molecular flexibility index (Phi) is 4.78. The number of benzene rings is 2. The second-order valence-electron chi connectivity index (χ2n) is 9.87. The van der Waals surface area contributed by atoms with Gasteiger partial charge in [-0.25, -0.2) is 0 Å². The number of methoxy groups -OCH3 is 1. The van der Waals surface area contributed by atoms with Crippen molar-refractivity contribution >= 4 is 11.9 Å². The summed E-state index contributed by atoms with van der Waals surface area (Å²) < 4.78 is 24.7. The number of ketones is 1. The predicted molar refractivity (Wildman–Crippen MR) is 121 cm³/mol. The Morgan fingerprint density at radius 2 is 1.76 bits per heavy atom. The van der Waals surface area contributed by atoms with E-state index in [-0.39, 0.29) is 41.1 Å². The number of fused-ring (bicyclic) bond motifs is 2. The molecule has 7 nitrogen and oxygen atoms in total. The molecule has 2 aromatic rings. The summed E-state index contributed by atoms with van der Waals surface area (Å²) in [6.07, 6.45) is 2.26. The molecular weight excluding hydrogens is 424 g/mol. The van der Waals surface area contributed by atoms with Gasteiger partial charge in [0.1, 0.15) is 52.5 Å². The van der Waals surface area contributed by atoms with Gasteiger partial charge < -0.3 is 29.2 Å². The molecule has 7 heteroatoms. The molecule has 3 aliphatic rings. The van der Waals surface area contributed by atoms with Gasteiger partial charge in [0.2, 0.25) is 0 Å². The first-order chi connectivity index (χ1) is 15.5. The molecule has 0 unspecified atom stereocenters. The molecule has 0 spiro atoms. The Morgan fingerprint density at radius 1 is 1.06 bits per heavy atom. The summed E-state index contributed by atoms with van der Waals surface area (Å²) in [5, 5.41) is 20.8. The number of phenolic OH excluding ortho intramolecular Hbond substituents is 2. The highest BCUT2D eigenvalue weighted by Gasteiger charge is 2.54. The van der Waals surface area contributed by atoms with E-state index in [9.17, 15) is 15.0 Å². The van der Waals surface area contributed by atoms with E-state index in [1.807, 2.05) is 33.8 Å². The first-order valence-electron chi connectivity index (χ1n) is 11.0. The van der Waals surface area contributed by atoms with Crippen LogP contribution in [-0.2, 0) is 9.47 Å². The van der Waals surface area contributed by atoms with Gasteiger partial charge in [0.05, 0.1) is 23.1 Å². The molecule has 0 saturated carbocycles. The van der Waals surface area contributed by atoms with Crippen LogP contribution in [0, 0.1) is 0 Å². The second kappa shape index (κ2) is 7.23. The van der Waals surface area contributed by atoms with Gasteiger partial charge in [0.15, 0.2) is 5.78 Å². The summed E-state index contributed by atoms with van der Waals surface area (Å²) in [5.41, 5.74) is 0.722. The molecule has 2 N–H and O–H groups in total. The van der Waals surface area contributed by atoms with Crippen LogP contribution in [-0.4, -0.2) is 40.4 Å². The van der Waals surface area contributed by atoms with Crippen molar-refractivity contribution < 1.29 is 34.0 Å². The summed E-state index contributed by atoms with van der Waals surface area (Å²) in [7, 11) is 1.62. The van der Waals surface area contributed by atoms with Crippen LogP contribution in [0.5, 0.6) is 23.0 Å². The Morgan fingerprint density at radius 3 is 2.39 bits per heavy atom. The number of phenols is 2. The van der Waals surface area contributed by atoms with Crippen molar-refractivity contribution in [1.29, 1.82) is 0 Å². The highest BCUT2D eigenvalue weighted by atomic mass is 16.6. The minimum Gasteiger partial charge on any atom is -0.508 e. The first kappa shape index (κ1) is 21.8. The van der Waals surface area contributed by atoms with Gasteiger partial charge >= 0.3 is 0 Å². The predicted octanol–water partition coefficient (Wildman–Crippen LogP) is 4.85. The average Bonchev–Trinajstić information content (AvgIpc) is 2.72. The number of carbonyl (C=O) groups is 1. The normalized spacial score (nSPS) is 26.5. The van der Waals surface area contributed by atoms with Crippen molar-refractivity contribution in [3.05, 3.63) is 52.6 Å². The molecule has 0 amide bonds. The monoisotopic (exact) mass is 452 g/mol. The molecule has 3 aliphatic heterocycles. The number of aromatic hydroxyl groups is 2. The van der Waals surface area contributed by atoms with Gasteiger partial charge in [-0.05, 0) is 57.5 Å². The summed E-state index contributed by atoms with van der Waals surface area (Å²) in [5.74, 6) is 0.428. The van der Waals surface area contributed by atoms with E-state index in [1.54, 1.807) is 37.5 Å². The van der Waals surface area contributed by atoms with Gasteiger partial charge in [-0.2, -0.15) is 0 Å². The molecule has 33 heavy (non-hydrogen) atoms. The maximum absolute atomic E-state index is 13.3. The third kappa shape index (κ3) is 3.38. The van der Waals surface area contributed by atoms with Crippen LogP contribution in [0.15, 0.2) is 30.3 Å². The summed E-state index contributed by atoms with van der Waals surface area (Å²) in [6, 6.07) is 6.55. The van der Waals surface area contributed by atoms with Gasteiger partial charge in [-0.3, -0.25) is 4.79 Å². The molecule has 3 heterocycles. The van der Waals surface area contributed by atoms with Gasteiger partial charge in [-0.1, -0.05) is 12.1 Å². The highest BCUT2D eigenvalue weighted by molar-refractivity contribution is 6.05. The fourth-order valence-electron chi connectivity index (χ4n) is 4.91. The Balaban J connectivity index is 1.71. The van der Waals surface area contributed by atoms with E-state index in [0.717, 1.165) is 5.56 Å². The molecule has 0 aliphatic carbocycles. The molecule has 3 atom stereocenters. The minimum absolute atomic E-state index is 0.0599. The van der Waals surface area contributed by atoms with E-state index < -0.39 is 23.4 Å². The Hall–Kier alpha value is -3.03. The van der Waals surface area contributed by atoms with E-state index in [0.29, 0.717) is 16.9 Å². The van der Waals surface area contributed by atoms with E-state index in [2.05, 4.69) is 0 Å². The quantitative estimate of drug-likeness (QED) is 0.687. The third-order valence-electron chi connectivity index (χ3n) is 6.57. The Bertz CT molecular complexity index is 1160. The van der Waals surface area contributed by atoms with Crippen LogP contribution < -0.4 is 9.47 Å². The molecule has 1 fully saturated rings. The number of Topliss-reactive ketones (excluding diaryl/α,β-unsaturated/α-hetero) is 1. The van der Waals surface area contributed by atoms with Gasteiger partial charge in [0, 0.05) is 7.11 Å². The average molecular weight is 453 g/mol. The lowest BCUT2D eigenvalue weighted by atomic mass is 9.80. The number of hydrogen-bond donors (Lipinski definition) is 2. The van der Waals surface area contributed by atoms with Crippen LogP contribution in [0.1, 0.15) is 73.4 Å². The summed E-state index contributed by atoms with van der Waals surface area (Å²) in [4.78, 5) is 13.3. The van der Waals surface area contributed by atoms with Crippen LogP contribution in [0.3, 0.4) is 0 Å². The lowest BCUT2D eigenvalue weighted by Gasteiger charge is -2.51. The van der Waals surface area contributed by atoms with E-state index >= 15 is 0 Å². The summed E-state index contributed by atoms with van der Waals surface area (Å²) in [6.45, 7) is 7.70. The van der Waals surface area contributed by atoms with Gasteiger partial charge in [-0.15, -0.1) is 0 Å². The zero-order chi connectivity index (χ0) is 23.7. The minimum atomic E-state index is -0.626. The smallest absolute Gasteiger partial charge is 0.174 e.